The lowest BCUT2D eigenvalue weighted by Crippen LogP contribution is -2.44. The first-order valence-corrected chi connectivity index (χ1v) is 9.86. The molecular weight excluding hydrogens is 402 g/mol. The van der Waals surface area contributed by atoms with Crippen LogP contribution in [0.3, 0.4) is 0 Å². The molecule has 2 aromatic carbocycles. The second-order valence-electron chi connectivity index (χ2n) is 7.12. The van der Waals surface area contributed by atoms with Crippen LogP contribution in [0.25, 0.3) is 5.69 Å². The first-order chi connectivity index (χ1) is 14.3. The van der Waals surface area contributed by atoms with E-state index >= 15 is 0 Å². The smallest absolute Gasteiger partial charge is 0.269 e. The molecule has 7 nitrogen and oxygen atoms in total. The molecule has 2 amide bonds. The second-order valence-corrected chi connectivity index (χ2v) is 7.50. The monoisotopic (exact) mass is 425 g/mol. The molecule has 0 aliphatic heterocycles. The van der Waals surface area contributed by atoms with Crippen molar-refractivity contribution in [1.82, 2.24) is 20.6 Å². The number of amides is 2. The van der Waals surface area contributed by atoms with Crippen molar-refractivity contribution in [3.63, 3.8) is 0 Å². The van der Waals surface area contributed by atoms with E-state index < -0.39 is 5.91 Å². The fraction of sp³-hybridized carbons (Fsp3) is 0.227. The second kappa shape index (κ2) is 9.00. The zero-order valence-electron chi connectivity index (χ0n) is 17.3. The number of nitrogens with zero attached hydrogens (tertiary/aromatic N) is 2. The van der Waals surface area contributed by atoms with E-state index in [2.05, 4.69) is 21.3 Å². The van der Waals surface area contributed by atoms with Gasteiger partial charge in [0, 0.05) is 11.3 Å². The van der Waals surface area contributed by atoms with Crippen LogP contribution in [0.4, 0.5) is 5.69 Å². The molecule has 30 heavy (non-hydrogen) atoms. The SMILES string of the molecule is Cc1ccc(NCC(=O)NNC(=O)c2ccc(-n3nc(C)c(Cl)c3C)cc2)c(C)c1. The van der Waals surface area contributed by atoms with Gasteiger partial charge in [-0.25, -0.2) is 4.68 Å². The Bertz CT molecular complexity index is 1090. The third kappa shape index (κ3) is 4.80. The van der Waals surface area contributed by atoms with E-state index in [0.717, 1.165) is 33.9 Å². The molecule has 3 aromatic rings. The number of anilines is 1. The molecule has 0 saturated carbocycles. The maximum Gasteiger partial charge on any atom is 0.269 e. The van der Waals surface area contributed by atoms with Gasteiger partial charge in [0.25, 0.3) is 11.8 Å². The minimum absolute atomic E-state index is 0.0435. The average Bonchev–Trinajstić information content (AvgIpc) is 2.98. The highest BCUT2D eigenvalue weighted by molar-refractivity contribution is 6.31. The first kappa shape index (κ1) is 21.4. The zero-order chi connectivity index (χ0) is 21.8. The number of nitrogens with one attached hydrogen (secondary N) is 3. The van der Waals surface area contributed by atoms with E-state index in [4.69, 9.17) is 11.6 Å². The summed E-state index contributed by atoms with van der Waals surface area (Å²) >= 11 is 6.19. The highest BCUT2D eigenvalue weighted by Crippen LogP contribution is 2.22. The predicted molar refractivity (Wildman–Crippen MR) is 118 cm³/mol. The number of hydrogen-bond donors (Lipinski definition) is 3. The molecule has 156 valence electrons. The van der Waals surface area contributed by atoms with Gasteiger partial charge in [-0.2, -0.15) is 5.10 Å². The van der Waals surface area contributed by atoms with Crippen LogP contribution in [0, 0.1) is 27.7 Å². The lowest BCUT2D eigenvalue weighted by atomic mass is 10.1. The normalized spacial score (nSPS) is 10.6. The molecule has 8 heteroatoms. The van der Waals surface area contributed by atoms with E-state index in [0.29, 0.717) is 10.6 Å². The molecule has 3 rings (SSSR count). The summed E-state index contributed by atoms with van der Waals surface area (Å²) in [4.78, 5) is 24.3. The Morgan fingerprint density at radius 3 is 2.30 bits per heavy atom. The quantitative estimate of drug-likeness (QED) is 0.544. The number of halogens is 1. The van der Waals surface area contributed by atoms with Crippen molar-refractivity contribution in [3.05, 3.63) is 75.6 Å². The number of hydrogen-bond acceptors (Lipinski definition) is 4. The molecule has 0 saturated heterocycles. The summed E-state index contributed by atoms with van der Waals surface area (Å²) in [5, 5.41) is 8.07. The summed E-state index contributed by atoms with van der Waals surface area (Å²) in [5.74, 6) is -0.759. The van der Waals surface area contributed by atoms with Crippen molar-refractivity contribution < 1.29 is 9.59 Å². The van der Waals surface area contributed by atoms with Gasteiger partial charge >= 0.3 is 0 Å². The molecule has 3 N–H and O–H groups in total. The lowest BCUT2D eigenvalue weighted by Gasteiger charge is -2.11. The minimum Gasteiger partial charge on any atom is -0.376 e. The summed E-state index contributed by atoms with van der Waals surface area (Å²) in [6.45, 7) is 7.74. The fourth-order valence-electron chi connectivity index (χ4n) is 3.06. The number of benzene rings is 2. The molecule has 0 atom stereocenters. The number of aromatic nitrogens is 2. The molecule has 0 radical (unpaired) electrons. The van der Waals surface area contributed by atoms with Crippen LogP contribution in [0.2, 0.25) is 5.02 Å². The maximum atomic E-state index is 12.3. The number of carbonyl (C=O) groups is 2. The van der Waals surface area contributed by atoms with Crippen molar-refractivity contribution in [1.29, 1.82) is 0 Å². The average molecular weight is 426 g/mol. The van der Waals surface area contributed by atoms with Crippen LogP contribution >= 0.6 is 11.6 Å². The molecular formula is C22H24ClN5O2. The van der Waals surface area contributed by atoms with Gasteiger partial charge in [0.05, 0.1) is 28.6 Å². The third-order valence-corrected chi connectivity index (χ3v) is 5.26. The summed E-state index contributed by atoms with van der Waals surface area (Å²) < 4.78 is 1.72. The van der Waals surface area contributed by atoms with Crippen LogP contribution in [0.1, 0.15) is 32.9 Å². The molecule has 0 spiro atoms. The summed E-state index contributed by atoms with van der Waals surface area (Å²) in [6.07, 6.45) is 0. The van der Waals surface area contributed by atoms with Gasteiger partial charge in [0.1, 0.15) is 0 Å². The minimum atomic E-state index is -0.409. The van der Waals surface area contributed by atoms with Gasteiger partial charge in [0.2, 0.25) is 0 Å². The van der Waals surface area contributed by atoms with E-state index in [9.17, 15) is 9.59 Å². The van der Waals surface area contributed by atoms with Gasteiger partial charge in [-0.15, -0.1) is 0 Å². The first-order valence-electron chi connectivity index (χ1n) is 9.48. The van der Waals surface area contributed by atoms with Crippen LogP contribution < -0.4 is 16.2 Å². The van der Waals surface area contributed by atoms with Crippen LogP contribution in [0.5, 0.6) is 0 Å². The standard InChI is InChI=1S/C22H24ClN5O2/c1-13-5-10-19(14(2)11-13)24-12-20(29)25-26-22(30)17-6-8-18(9-7-17)28-16(4)21(23)15(3)27-28/h5-11,24H,12H2,1-4H3,(H,25,29)(H,26,30). The van der Waals surface area contributed by atoms with Gasteiger partial charge in [-0.05, 0) is 63.6 Å². The van der Waals surface area contributed by atoms with Crippen molar-refractivity contribution >= 4 is 29.1 Å². The Hall–Kier alpha value is -3.32. The highest BCUT2D eigenvalue weighted by atomic mass is 35.5. The Morgan fingerprint density at radius 2 is 1.70 bits per heavy atom. The predicted octanol–water partition coefficient (Wildman–Crippen LogP) is 3.63. The lowest BCUT2D eigenvalue weighted by molar-refractivity contribution is -0.120. The van der Waals surface area contributed by atoms with Crippen molar-refractivity contribution in [2.75, 3.05) is 11.9 Å². The van der Waals surface area contributed by atoms with Crippen LogP contribution in [-0.2, 0) is 4.79 Å². The number of hydrazine groups is 1. The molecule has 0 aliphatic rings. The van der Waals surface area contributed by atoms with Crippen LogP contribution in [0.15, 0.2) is 42.5 Å². The summed E-state index contributed by atoms with van der Waals surface area (Å²) in [5.41, 5.74) is 10.7. The largest absolute Gasteiger partial charge is 0.376 e. The van der Waals surface area contributed by atoms with Crippen molar-refractivity contribution in [2.45, 2.75) is 27.7 Å². The van der Waals surface area contributed by atoms with Crippen molar-refractivity contribution in [2.24, 2.45) is 0 Å². The molecule has 1 aromatic heterocycles. The van der Waals surface area contributed by atoms with E-state index in [1.54, 1.807) is 28.9 Å². The molecule has 0 bridgehead atoms. The van der Waals surface area contributed by atoms with E-state index in [1.165, 1.54) is 0 Å². The van der Waals surface area contributed by atoms with Crippen LogP contribution in [-0.4, -0.2) is 28.1 Å². The topological polar surface area (TPSA) is 88.0 Å². The Labute approximate surface area is 180 Å². The fourth-order valence-corrected chi connectivity index (χ4v) is 3.18. The van der Waals surface area contributed by atoms with Gasteiger partial charge in [-0.3, -0.25) is 20.4 Å². The number of rotatable bonds is 5. The maximum absolute atomic E-state index is 12.3. The number of aryl methyl sites for hydroxylation is 3. The van der Waals surface area contributed by atoms with Gasteiger partial charge < -0.3 is 5.32 Å². The summed E-state index contributed by atoms with van der Waals surface area (Å²) in [7, 11) is 0. The van der Waals surface area contributed by atoms with Crippen molar-refractivity contribution in [3.8, 4) is 5.69 Å². The van der Waals surface area contributed by atoms with Gasteiger partial charge in [0.15, 0.2) is 0 Å². The zero-order valence-corrected chi connectivity index (χ0v) is 18.1. The number of carbonyl (C=O) groups excluding carboxylic acids is 2. The molecule has 0 aliphatic carbocycles. The molecule has 0 fully saturated rings. The highest BCUT2D eigenvalue weighted by Gasteiger charge is 2.12. The summed E-state index contributed by atoms with van der Waals surface area (Å²) in [6, 6.07) is 12.8. The Balaban J connectivity index is 1.54. The Kier molecular flexibility index (Phi) is 6.42. The van der Waals surface area contributed by atoms with E-state index in [1.807, 2.05) is 45.9 Å². The molecule has 0 unspecified atom stereocenters. The van der Waals surface area contributed by atoms with E-state index in [-0.39, 0.29) is 12.5 Å². The van der Waals surface area contributed by atoms with Gasteiger partial charge in [-0.1, -0.05) is 29.3 Å². The molecule has 1 heterocycles. The third-order valence-electron chi connectivity index (χ3n) is 4.71. The Morgan fingerprint density at radius 1 is 1.00 bits per heavy atom.